The van der Waals surface area contributed by atoms with Crippen LogP contribution in [0.4, 0.5) is 21.0 Å². The zero-order valence-corrected chi connectivity index (χ0v) is 17.1. The lowest BCUT2D eigenvalue weighted by Crippen LogP contribution is -2.36. The van der Waals surface area contributed by atoms with E-state index in [-0.39, 0.29) is 18.3 Å². The van der Waals surface area contributed by atoms with E-state index in [4.69, 9.17) is 9.47 Å². The fourth-order valence-electron chi connectivity index (χ4n) is 2.24. The van der Waals surface area contributed by atoms with Crippen molar-refractivity contribution in [2.24, 2.45) is 4.99 Å². The van der Waals surface area contributed by atoms with Crippen LogP contribution in [0.5, 0.6) is 11.5 Å². The number of benzene rings is 2. The van der Waals surface area contributed by atoms with E-state index in [1.807, 2.05) is 18.2 Å². The summed E-state index contributed by atoms with van der Waals surface area (Å²) in [4.78, 5) is 38.8. The van der Waals surface area contributed by atoms with Crippen LogP contribution in [0.1, 0.15) is 0 Å². The van der Waals surface area contributed by atoms with Crippen LogP contribution in [0.25, 0.3) is 0 Å². The van der Waals surface area contributed by atoms with Gasteiger partial charge in [-0.1, -0.05) is 18.2 Å². The Kier molecular flexibility index (Phi) is 8.80. The number of amides is 3. The van der Waals surface area contributed by atoms with Crippen LogP contribution in [0.3, 0.4) is 0 Å². The topological polar surface area (TPSA) is 137 Å². The van der Waals surface area contributed by atoms with Crippen molar-refractivity contribution >= 4 is 35.4 Å². The fraction of sp³-hybridized carbons (Fsp3) is 0.200. The fourth-order valence-corrected chi connectivity index (χ4v) is 2.24. The van der Waals surface area contributed by atoms with Crippen LogP contribution >= 0.6 is 0 Å². The Labute approximate surface area is 178 Å². The molecule has 0 fully saturated rings. The molecule has 0 saturated heterocycles. The highest BCUT2D eigenvalue weighted by atomic mass is 16.5. The number of nitrogens with zero attached hydrogens (tertiary/aromatic N) is 1. The molecule has 0 saturated carbocycles. The van der Waals surface area contributed by atoms with Gasteiger partial charge in [-0.25, -0.2) is 9.59 Å². The second-order valence-corrected chi connectivity index (χ2v) is 5.78. The van der Waals surface area contributed by atoms with E-state index in [1.54, 1.807) is 30.3 Å². The summed E-state index contributed by atoms with van der Waals surface area (Å²) in [7, 11) is 3.67. The molecular weight excluding hydrogens is 408 g/mol. The third kappa shape index (κ3) is 7.66. The molecule has 11 heteroatoms. The Morgan fingerprint density at radius 3 is 2.26 bits per heavy atom. The number of ether oxygens (including phenoxy) is 4. The van der Waals surface area contributed by atoms with E-state index in [0.29, 0.717) is 17.2 Å². The molecule has 31 heavy (non-hydrogen) atoms. The molecule has 3 N–H and O–H groups in total. The van der Waals surface area contributed by atoms with Crippen molar-refractivity contribution < 1.29 is 33.3 Å². The number of guanidine groups is 1. The summed E-state index contributed by atoms with van der Waals surface area (Å²) in [5, 5.41) is 7.65. The summed E-state index contributed by atoms with van der Waals surface area (Å²) in [5.74, 6) is 0.307. The van der Waals surface area contributed by atoms with Crippen LogP contribution in [0, 0.1) is 0 Å². The van der Waals surface area contributed by atoms with Gasteiger partial charge in [0.1, 0.15) is 18.1 Å². The van der Waals surface area contributed by atoms with Crippen molar-refractivity contribution in [3.05, 3.63) is 48.5 Å². The number of hydrogen-bond acceptors (Lipinski definition) is 7. The van der Waals surface area contributed by atoms with Gasteiger partial charge in [-0.3, -0.25) is 10.1 Å². The molecule has 11 nitrogen and oxygen atoms in total. The van der Waals surface area contributed by atoms with Crippen LogP contribution in [0.2, 0.25) is 0 Å². The average Bonchev–Trinajstić information content (AvgIpc) is 2.76. The van der Waals surface area contributed by atoms with E-state index < -0.39 is 18.1 Å². The van der Waals surface area contributed by atoms with Gasteiger partial charge in [0.25, 0.3) is 0 Å². The van der Waals surface area contributed by atoms with Gasteiger partial charge in [-0.15, -0.1) is 4.99 Å². The predicted octanol–water partition coefficient (Wildman–Crippen LogP) is 2.95. The maximum atomic E-state index is 12.1. The van der Waals surface area contributed by atoms with Gasteiger partial charge in [0, 0.05) is 13.2 Å². The lowest BCUT2D eigenvalue weighted by molar-refractivity contribution is -0.119. The number of rotatable bonds is 6. The third-order valence-corrected chi connectivity index (χ3v) is 3.56. The second-order valence-electron chi connectivity index (χ2n) is 5.78. The summed E-state index contributed by atoms with van der Waals surface area (Å²) in [6.45, 7) is -0.188. The van der Waals surface area contributed by atoms with Gasteiger partial charge in [-0.05, 0) is 24.3 Å². The Bertz CT molecular complexity index is 948. The van der Waals surface area contributed by atoms with Crippen molar-refractivity contribution in [1.29, 1.82) is 0 Å². The van der Waals surface area contributed by atoms with Crippen molar-refractivity contribution in [1.82, 2.24) is 5.32 Å². The largest absolute Gasteiger partial charge is 0.457 e. The smallest absolute Gasteiger partial charge is 0.436 e. The number of anilines is 2. The molecule has 2 rings (SSSR count). The molecule has 2 aromatic carbocycles. The number of alkyl carbamates (subject to hydrolysis) is 1. The Morgan fingerprint density at radius 1 is 0.871 bits per heavy atom. The molecule has 0 radical (unpaired) electrons. The zero-order chi connectivity index (χ0) is 22.6. The molecule has 0 unspecified atom stereocenters. The summed E-state index contributed by atoms with van der Waals surface area (Å²) in [5.41, 5.74) is 0.573. The van der Waals surface area contributed by atoms with Gasteiger partial charge < -0.3 is 29.6 Å². The van der Waals surface area contributed by atoms with Crippen molar-refractivity contribution in [2.45, 2.75) is 0 Å². The average molecular weight is 430 g/mol. The minimum absolute atomic E-state index is 0.188. The number of para-hydroxylation sites is 1. The molecular formula is C20H22N4O7. The molecule has 0 aliphatic heterocycles. The van der Waals surface area contributed by atoms with Gasteiger partial charge in [0.15, 0.2) is 0 Å². The summed E-state index contributed by atoms with van der Waals surface area (Å²) < 4.78 is 19.6. The van der Waals surface area contributed by atoms with Crippen LogP contribution in [0.15, 0.2) is 53.5 Å². The standard InChI is InChI=1S/C20H22N4O7/c1-28-12-17(25)21-16-11-14(31-13-7-5-4-6-8-13)9-10-15(16)22-18(23-19(26)29-2)24-20(27)30-3/h4-11H,12H2,1-3H3,(H,21,25)(H2,22,23,24,26,27). The molecule has 164 valence electrons. The summed E-state index contributed by atoms with van der Waals surface area (Å²) in [6.07, 6.45) is -1.84. The van der Waals surface area contributed by atoms with Crippen LogP contribution < -0.4 is 20.7 Å². The maximum absolute atomic E-state index is 12.1. The molecule has 3 amide bonds. The molecule has 0 aromatic heterocycles. The molecule has 0 aliphatic rings. The van der Waals surface area contributed by atoms with E-state index in [0.717, 1.165) is 14.2 Å². The first-order valence-corrected chi connectivity index (χ1v) is 8.89. The van der Waals surface area contributed by atoms with Gasteiger partial charge in [0.05, 0.1) is 25.6 Å². The molecule has 0 spiro atoms. The van der Waals surface area contributed by atoms with Crippen LogP contribution in [-0.2, 0) is 19.0 Å². The molecule has 0 aliphatic carbocycles. The van der Waals surface area contributed by atoms with Gasteiger partial charge in [-0.2, -0.15) is 0 Å². The number of carbonyl (C=O) groups excluding carboxylic acids is 3. The molecule has 0 bridgehead atoms. The first kappa shape index (κ1) is 23.2. The summed E-state index contributed by atoms with van der Waals surface area (Å²) >= 11 is 0. The second kappa shape index (κ2) is 11.8. The number of methoxy groups -OCH3 is 3. The van der Waals surface area contributed by atoms with E-state index in [1.165, 1.54) is 7.11 Å². The molecule has 0 heterocycles. The van der Waals surface area contributed by atoms with E-state index >= 15 is 0 Å². The van der Waals surface area contributed by atoms with Crippen molar-refractivity contribution in [2.75, 3.05) is 38.6 Å². The highest BCUT2D eigenvalue weighted by Crippen LogP contribution is 2.30. The maximum Gasteiger partial charge on any atom is 0.436 e. The first-order chi connectivity index (χ1) is 14.9. The van der Waals surface area contributed by atoms with Gasteiger partial charge >= 0.3 is 12.2 Å². The zero-order valence-electron chi connectivity index (χ0n) is 17.1. The minimum atomic E-state index is -0.965. The lowest BCUT2D eigenvalue weighted by atomic mass is 10.2. The van der Waals surface area contributed by atoms with Crippen molar-refractivity contribution in [3.8, 4) is 11.5 Å². The van der Waals surface area contributed by atoms with Crippen molar-refractivity contribution in [3.63, 3.8) is 0 Å². The summed E-state index contributed by atoms with van der Waals surface area (Å²) in [6, 6.07) is 13.8. The van der Waals surface area contributed by atoms with E-state index in [2.05, 4.69) is 30.4 Å². The molecule has 2 aromatic rings. The van der Waals surface area contributed by atoms with Crippen LogP contribution in [-0.4, -0.2) is 52.0 Å². The highest BCUT2D eigenvalue weighted by molar-refractivity contribution is 6.08. The quantitative estimate of drug-likeness (QED) is 0.470. The third-order valence-electron chi connectivity index (χ3n) is 3.56. The normalized spacial score (nSPS) is 10.6. The first-order valence-electron chi connectivity index (χ1n) is 8.89. The molecule has 0 atom stereocenters. The Hall–Kier alpha value is -4.12. The lowest BCUT2D eigenvalue weighted by Gasteiger charge is -2.16. The predicted molar refractivity (Wildman–Crippen MR) is 112 cm³/mol. The Morgan fingerprint density at radius 2 is 1.61 bits per heavy atom. The monoisotopic (exact) mass is 430 g/mol. The minimum Gasteiger partial charge on any atom is -0.457 e. The highest BCUT2D eigenvalue weighted by Gasteiger charge is 2.14. The number of hydrogen-bond donors (Lipinski definition) is 3. The number of carbonyl (C=O) groups is 3. The van der Waals surface area contributed by atoms with Gasteiger partial charge in [0.2, 0.25) is 11.9 Å². The SMILES string of the molecule is COCC(=O)Nc1cc(Oc2ccccc2)ccc1N/C(=N\C(=O)OC)NC(=O)OC. The Balaban J connectivity index is 2.35. The van der Waals surface area contributed by atoms with E-state index in [9.17, 15) is 14.4 Å². The number of nitrogens with one attached hydrogen (secondary N) is 3. The number of aliphatic imine (C=N–C) groups is 1.